The number of rotatable bonds is 3. The number of hydrogen-bond acceptors (Lipinski definition) is 3. The number of piperazine rings is 1. The van der Waals surface area contributed by atoms with Gasteiger partial charge in [0.15, 0.2) is 11.6 Å². The standard InChI is InChI=1S/C14H17FN2O3/c1-4-20-12-6-5-10(7-11(12)15)17-9(3)13(18)16-8(2)14(17)19/h5-9H,4H2,1-3H3,(H,16,18). The van der Waals surface area contributed by atoms with E-state index in [0.29, 0.717) is 12.3 Å². The van der Waals surface area contributed by atoms with Crippen molar-refractivity contribution in [3.05, 3.63) is 24.0 Å². The second kappa shape index (κ2) is 5.48. The minimum Gasteiger partial charge on any atom is -0.491 e. The number of ether oxygens (including phenoxy) is 1. The summed E-state index contributed by atoms with van der Waals surface area (Å²) in [5.41, 5.74) is 0.352. The molecule has 0 bridgehead atoms. The first-order chi connectivity index (χ1) is 9.45. The van der Waals surface area contributed by atoms with Crippen LogP contribution >= 0.6 is 0 Å². The van der Waals surface area contributed by atoms with Crippen LogP contribution in [0, 0.1) is 5.82 Å². The third-order valence-corrected chi connectivity index (χ3v) is 3.23. The summed E-state index contributed by atoms with van der Waals surface area (Å²) in [6.07, 6.45) is 0. The molecule has 0 radical (unpaired) electrons. The van der Waals surface area contributed by atoms with Crippen LogP contribution in [-0.2, 0) is 9.59 Å². The van der Waals surface area contributed by atoms with E-state index < -0.39 is 17.9 Å². The van der Waals surface area contributed by atoms with Gasteiger partial charge >= 0.3 is 0 Å². The maximum atomic E-state index is 13.9. The Balaban J connectivity index is 2.36. The highest BCUT2D eigenvalue weighted by molar-refractivity contribution is 6.08. The van der Waals surface area contributed by atoms with Crippen molar-refractivity contribution in [2.75, 3.05) is 11.5 Å². The van der Waals surface area contributed by atoms with Crippen LogP contribution in [0.1, 0.15) is 20.8 Å². The molecule has 6 heteroatoms. The lowest BCUT2D eigenvalue weighted by Crippen LogP contribution is -2.61. The first-order valence-electron chi connectivity index (χ1n) is 6.51. The Morgan fingerprint density at radius 3 is 2.65 bits per heavy atom. The summed E-state index contributed by atoms with van der Waals surface area (Å²) in [7, 11) is 0. The second-order valence-corrected chi connectivity index (χ2v) is 4.66. The summed E-state index contributed by atoms with van der Waals surface area (Å²) in [6.45, 7) is 5.32. The van der Waals surface area contributed by atoms with Gasteiger partial charge in [-0.2, -0.15) is 0 Å². The van der Waals surface area contributed by atoms with Gasteiger partial charge in [0.25, 0.3) is 0 Å². The highest BCUT2D eigenvalue weighted by atomic mass is 19.1. The van der Waals surface area contributed by atoms with Crippen LogP contribution in [0.4, 0.5) is 10.1 Å². The fourth-order valence-corrected chi connectivity index (χ4v) is 2.18. The molecule has 0 aliphatic carbocycles. The molecule has 1 fully saturated rings. The number of anilines is 1. The van der Waals surface area contributed by atoms with Gasteiger partial charge in [-0.3, -0.25) is 14.5 Å². The Morgan fingerprint density at radius 2 is 2.05 bits per heavy atom. The summed E-state index contributed by atoms with van der Waals surface area (Å²) in [5.74, 6) is -0.944. The zero-order chi connectivity index (χ0) is 14.9. The van der Waals surface area contributed by atoms with Crippen molar-refractivity contribution in [1.29, 1.82) is 0 Å². The zero-order valence-electron chi connectivity index (χ0n) is 11.6. The van der Waals surface area contributed by atoms with Crippen LogP contribution in [0.5, 0.6) is 5.75 Å². The number of nitrogens with zero attached hydrogens (tertiary/aromatic N) is 1. The lowest BCUT2D eigenvalue weighted by atomic mass is 10.1. The van der Waals surface area contributed by atoms with Crippen LogP contribution in [0.15, 0.2) is 18.2 Å². The van der Waals surface area contributed by atoms with Crippen molar-refractivity contribution >= 4 is 17.5 Å². The molecule has 0 spiro atoms. The Bertz CT molecular complexity index is 547. The van der Waals surface area contributed by atoms with Crippen LogP contribution < -0.4 is 15.0 Å². The summed E-state index contributed by atoms with van der Waals surface area (Å²) in [6, 6.07) is 2.97. The largest absolute Gasteiger partial charge is 0.491 e. The predicted molar refractivity (Wildman–Crippen MR) is 72.1 cm³/mol. The fraction of sp³-hybridized carbons (Fsp3) is 0.429. The SMILES string of the molecule is CCOc1ccc(N2C(=O)C(C)NC(=O)C2C)cc1F. The summed E-state index contributed by atoms with van der Waals surface area (Å²) < 4.78 is 19.0. The van der Waals surface area contributed by atoms with Crippen LogP contribution in [0.25, 0.3) is 0 Å². The molecule has 1 aliphatic heterocycles. The molecule has 1 saturated heterocycles. The smallest absolute Gasteiger partial charge is 0.250 e. The Kier molecular flexibility index (Phi) is 3.92. The minimum atomic E-state index is -0.670. The highest BCUT2D eigenvalue weighted by Crippen LogP contribution is 2.27. The summed E-state index contributed by atoms with van der Waals surface area (Å²) >= 11 is 0. The van der Waals surface area contributed by atoms with Crippen LogP contribution in [0.3, 0.4) is 0 Å². The monoisotopic (exact) mass is 280 g/mol. The molecule has 1 aromatic rings. The van der Waals surface area contributed by atoms with Gasteiger partial charge in [0, 0.05) is 11.8 Å². The van der Waals surface area contributed by atoms with Crippen molar-refractivity contribution in [1.82, 2.24) is 5.32 Å². The number of carbonyl (C=O) groups is 2. The first kappa shape index (κ1) is 14.3. The molecule has 2 atom stereocenters. The molecule has 20 heavy (non-hydrogen) atoms. The average Bonchev–Trinajstić information content (AvgIpc) is 2.40. The van der Waals surface area contributed by atoms with E-state index in [1.807, 2.05) is 0 Å². The molecule has 0 saturated carbocycles. The normalized spacial score (nSPS) is 22.7. The van der Waals surface area contributed by atoms with Crippen molar-refractivity contribution in [3.63, 3.8) is 0 Å². The minimum absolute atomic E-state index is 0.130. The van der Waals surface area contributed by atoms with E-state index in [-0.39, 0.29) is 17.6 Å². The van der Waals surface area contributed by atoms with E-state index in [4.69, 9.17) is 4.74 Å². The Labute approximate surface area is 116 Å². The molecule has 2 rings (SSSR count). The number of nitrogens with one attached hydrogen (secondary N) is 1. The maximum absolute atomic E-state index is 13.9. The molecule has 2 amide bonds. The van der Waals surface area contributed by atoms with Gasteiger partial charge in [0.05, 0.1) is 6.61 Å². The highest BCUT2D eigenvalue weighted by Gasteiger charge is 2.36. The van der Waals surface area contributed by atoms with E-state index in [0.717, 1.165) is 0 Å². The molecule has 1 N–H and O–H groups in total. The van der Waals surface area contributed by atoms with Crippen LogP contribution in [-0.4, -0.2) is 30.5 Å². The molecule has 1 heterocycles. The van der Waals surface area contributed by atoms with Crippen molar-refractivity contribution < 1.29 is 18.7 Å². The third kappa shape index (κ3) is 2.45. The van der Waals surface area contributed by atoms with Gasteiger partial charge in [-0.05, 0) is 32.9 Å². The van der Waals surface area contributed by atoms with E-state index in [1.165, 1.54) is 17.0 Å². The van der Waals surface area contributed by atoms with Crippen molar-refractivity contribution in [3.8, 4) is 5.75 Å². The predicted octanol–water partition coefficient (Wildman–Crippen LogP) is 1.46. The number of halogens is 1. The number of benzene rings is 1. The molecular formula is C14H17FN2O3. The number of carbonyl (C=O) groups excluding carboxylic acids is 2. The van der Waals surface area contributed by atoms with Gasteiger partial charge < -0.3 is 10.1 Å². The Hall–Kier alpha value is -2.11. The zero-order valence-corrected chi connectivity index (χ0v) is 11.6. The second-order valence-electron chi connectivity index (χ2n) is 4.66. The van der Waals surface area contributed by atoms with Gasteiger partial charge in [0.2, 0.25) is 11.8 Å². The van der Waals surface area contributed by atoms with E-state index in [2.05, 4.69) is 5.32 Å². The summed E-state index contributed by atoms with van der Waals surface area (Å²) in [4.78, 5) is 25.2. The third-order valence-electron chi connectivity index (χ3n) is 3.23. The first-order valence-corrected chi connectivity index (χ1v) is 6.51. The Morgan fingerprint density at radius 1 is 1.35 bits per heavy atom. The van der Waals surface area contributed by atoms with Crippen molar-refractivity contribution in [2.45, 2.75) is 32.9 Å². The molecule has 108 valence electrons. The number of amides is 2. The van der Waals surface area contributed by atoms with Gasteiger partial charge in [0.1, 0.15) is 12.1 Å². The average molecular weight is 280 g/mol. The lowest BCUT2D eigenvalue weighted by molar-refractivity contribution is -0.133. The molecule has 1 aliphatic rings. The summed E-state index contributed by atoms with van der Waals surface area (Å²) in [5, 5.41) is 2.58. The molecular weight excluding hydrogens is 263 g/mol. The lowest BCUT2D eigenvalue weighted by Gasteiger charge is -2.36. The van der Waals surface area contributed by atoms with Gasteiger partial charge in [-0.1, -0.05) is 0 Å². The molecule has 2 unspecified atom stereocenters. The van der Waals surface area contributed by atoms with E-state index >= 15 is 0 Å². The van der Waals surface area contributed by atoms with Gasteiger partial charge in [-0.25, -0.2) is 4.39 Å². The van der Waals surface area contributed by atoms with Gasteiger partial charge in [-0.15, -0.1) is 0 Å². The van der Waals surface area contributed by atoms with E-state index in [9.17, 15) is 14.0 Å². The topological polar surface area (TPSA) is 58.6 Å². The number of hydrogen-bond donors (Lipinski definition) is 1. The van der Waals surface area contributed by atoms with Crippen LogP contribution in [0.2, 0.25) is 0 Å². The molecule has 0 aromatic heterocycles. The van der Waals surface area contributed by atoms with E-state index in [1.54, 1.807) is 26.8 Å². The molecule has 5 nitrogen and oxygen atoms in total. The van der Waals surface area contributed by atoms with Crippen molar-refractivity contribution in [2.24, 2.45) is 0 Å². The quantitative estimate of drug-likeness (QED) is 0.912. The maximum Gasteiger partial charge on any atom is 0.250 e. The molecule has 1 aromatic carbocycles. The fourth-order valence-electron chi connectivity index (χ4n) is 2.18.